The van der Waals surface area contributed by atoms with E-state index in [2.05, 4.69) is 15.9 Å². The second kappa shape index (κ2) is 4.07. The number of hydrogen-bond donors (Lipinski definition) is 2. The summed E-state index contributed by atoms with van der Waals surface area (Å²) in [6.45, 7) is 2.30. The molecule has 3 N–H and O–H groups in total. The van der Waals surface area contributed by atoms with Crippen LogP contribution in [0.15, 0.2) is 16.6 Å². The van der Waals surface area contributed by atoms with E-state index in [4.69, 9.17) is 5.73 Å². The molecule has 13 heavy (non-hydrogen) atoms. The Hall–Kier alpha value is -0.610. The van der Waals surface area contributed by atoms with Gasteiger partial charge in [-0.25, -0.2) is 4.39 Å². The molecular formula is C9H11BrFNO. The fourth-order valence-electron chi connectivity index (χ4n) is 1.08. The predicted octanol–water partition coefficient (Wildman–Crippen LogP) is 2.36. The van der Waals surface area contributed by atoms with Crippen LogP contribution in [0.3, 0.4) is 0 Å². The number of aromatic hydroxyl groups is 1. The molecule has 0 saturated heterocycles. The minimum Gasteiger partial charge on any atom is -0.506 e. The molecule has 0 aliphatic rings. The Labute approximate surface area is 84.7 Å². The van der Waals surface area contributed by atoms with Gasteiger partial charge in [-0.3, -0.25) is 0 Å². The minimum atomic E-state index is -0.467. The molecule has 0 heterocycles. The van der Waals surface area contributed by atoms with Crippen LogP contribution in [-0.4, -0.2) is 11.7 Å². The number of benzene rings is 1. The van der Waals surface area contributed by atoms with E-state index in [0.717, 1.165) is 0 Å². The molecule has 0 saturated carbocycles. The molecule has 0 aromatic heterocycles. The first kappa shape index (κ1) is 10.5. The standard InChI is InChI=1S/C9H11BrFNO/c1-5(4-12)6-2-3-7(11)8(10)9(6)13/h2-3,5,13H,4,12H2,1H3. The van der Waals surface area contributed by atoms with Gasteiger partial charge in [0.25, 0.3) is 0 Å². The van der Waals surface area contributed by atoms with Gasteiger partial charge >= 0.3 is 0 Å². The molecule has 1 aromatic rings. The van der Waals surface area contributed by atoms with Crippen molar-refractivity contribution in [1.82, 2.24) is 0 Å². The maximum absolute atomic E-state index is 12.9. The van der Waals surface area contributed by atoms with Crippen LogP contribution in [-0.2, 0) is 0 Å². The monoisotopic (exact) mass is 247 g/mol. The smallest absolute Gasteiger partial charge is 0.141 e. The molecule has 0 aliphatic heterocycles. The average Bonchev–Trinajstić information content (AvgIpc) is 2.13. The molecule has 0 spiro atoms. The van der Waals surface area contributed by atoms with Crippen LogP contribution in [0.1, 0.15) is 18.4 Å². The van der Waals surface area contributed by atoms with Crippen molar-refractivity contribution in [2.75, 3.05) is 6.54 Å². The molecule has 4 heteroatoms. The largest absolute Gasteiger partial charge is 0.506 e. The van der Waals surface area contributed by atoms with Gasteiger partial charge in [0.15, 0.2) is 0 Å². The van der Waals surface area contributed by atoms with Crippen LogP contribution in [0.25, 0.3) is 0 Å². The van der Waals surface area contributed by atoms with Gasteiger partial charge in [0, 0.05) is 0 Å². The topological polar surface area (TPSA) is 46.2 Å². The van der Waals surface area contributed by atoms with Crippen LogP contribution in [0, 0.1) is 5.82 Å². The third-order valence-electron chi connectivity index (χ3n) is 1.98. The molecular weight excluding hydrogens is 237 g/mol. The first-order valence-electron chi connectivity index (χ1n) is 3.94. The third-order valence-corrected chi connectivity index (χ3v) is 2.74. The summed E-state index contributed by atoms with van der Waals surface area (Å²) >= 11 is 2.96. The van der Waals surface area contributed by atoms with E-state index in [9.17, 15) is 9.50 Å². The zero-order valence-electron chi connectivity index (χ0n) is 7.22. The Balaban J connectivity index is 3.18. The SMILES string of the molecule is CC(CN)c1ccc(F)c(Br)c1O. The van der Waals surface area contributed by atoms with Gasteiger partial charge in [0.05, 0.1) is 4.47 Å². The van der Waals surface area contributed by atoms with E-state index in [1.165, 1.54) is 6.07 Å². The molecule has 2 nitrogen and oxygen atoms in total. The molecule has 0 bridgehead atoms. The lowest BCUT2D eigenvalue weighted by Crippen LogP contribution is -2.09. The minimum absolute atomic E-state index is 0.0249. The van der Waals surface area contributed by atoms with Crippen molar-refractivity contribution >= 4 is 15.9 Å². The number of hydrogen-bond acceptors (Lipinski definition) is 2. The van der Waals surface area contributed by atoms with E-state index in [1.54, 1.807) is 6.07 Å². The van der Waals surface area contributed by atoms with Crippen LogP contribution in [0.5, 0.6) is 5.75 Å². The Bertz CT molecular complexity index is 317. The second-order valence-electron chi connectivity index (χ2n) is 2.94. The van der Waals surface area contributed by atoms with Gasteiger partial charge in [-0.05, 0) is 40.0 Å². The van der Waals surface area contributed by atoms with Crippen molar-refractivity contribution in [1.29, 1.82) is 0 Å². The van der Waals surface area contributed by atoms with Crippen molar-refractivity contribution in [3.8, 4) is 5.75 Å². The second-order valence-corrected chi connectivity index (χ2v) is 3.73. The molecule has 0 aliphatic carbocycles. The summed E-state index contributed by atoms with van der Waals surface area (Å²) < 4.78 is 13.0. The summed E-state index contributed by atoms with van der Waals surface area (Å²) in [6, 6.07) is 2.86. The summed E-state index contributed by atoms with van der Waals surface area (Å²) in [6.07, 6.45) is 0. The van der Waals surface area contributed by atoms with E-state index >= 15 is 0 Å². The molecule has 0 radical (unpaired) electrons. The van der Waals surface area contributed by atoms with Gasteiger partial charge in [-0.1, -0.05) is 13.0 Å². The normalized spacial score (nSPS) is 12.9. The van der Waals surface area contributed by atoms with Gasteiger partial charge in [0.1, 0.15) is 11.6 Å². The Morgan fingerprint density at radius 1 is 1.62 bits per heavy atom. The van der Waals surface area contributed by atoms with E-state index in [0.29, 0.717) is 12.1 Å². The molecule has 1 unspecified atom stereocenters. The zero-order chi connectivity index (χ0) is 10.0. The van der Waals surface area contributed by atoms with Crippen LogP contribution in [0.4, 0.5) is 4.39 Å². The quantitative estimate of drug-likeness (QED) is 0.843. The van der Waals surface area contributed by atoms with Gasteiger partial charge < -0.3 is 10.8 Å². The lowest BCUT2D eigenvalue weighted by molar-refractivity contribution is 0.452. The number of rotatable bonds is 2. The predicted molar refractivity (Wildman–Crippen MR) is 53.2 cm³/mol. The van der Waals surface area contributed by atoms with Crippen molar-refractivity contribution in [2.24, 2.45) is 5.73 Å². The van der Waals surface area contributed by atoms with E-state index < -0.39 is 5.82 Å². The van der Waals surface area contributed by atoms with E-state index in [1.807, 2.05) is 6.92 Å². The highest BCUT2D eigenvalue weighted by molar-refractivity contribution is 9.10. The van der Waals surface area contributed by atoms with Crippen molar-refractivity contribution in [3.05, 3.63) is 28.0 Å². The van der Waals surface area contributed by atoms with Crippen LogP contribution < -0.4 is 5.73 Å². The Kier molecular flexibility index (Phi) is 3.27. The highest BCUT2D eigenvalue weighted by Crippen LogP contribution is 2.34. The summed E-state index contributed by atoms with van der Waals surface area (Å²) in [7, 11) is 0. The van der Waals surface area contributed by atoms with E-state index in [-0.39, 0.29) is 16.1 Å². The van der Waals surface area contributed by atoms with Crippen LogP contribution in [0.2, 0.25) is 0 Å². The van der Waals surface area contributed by atoms with Gasteiger partial charge in [-0.15, -0.1) is 0 Å². The number of phenols is 1. The summed E-state index contributed by atoms with van der Waals surface area (Å²) in [4.78, 5) is 0. The Morgan fingerprint density at radius 2 is 2.23 bits per heavy atom. The van der Waals surface area contributed by atoms with Crippen molar-refractivity contribution < 1.29 is 9.50 Å². The summed E-state index contributed by atoms with van der Waals surface area (Å²) in [5.74, 6) is -0.500. The molecule has 1 rings (SSSR count). The molecule has 1 aromatic carbocycles. The lowest BCUT2D eigenvalue weighted by Gasteiger charge is -2.12. The summed E-state index contributed by atoms with van der Waals surface area (Å²) in [5, 5.41) is 9.54. The number of nitrogens with two attached hydrogens (primary N) is 1. The number of halogens is 2. The molecule has 0 fully saturated rings. The Morgan fingerprint density at radius 3 is 2.77 bits per heavy atom. The molecule has 1 atom stereocenters. The first-order chi connectivity index (χ1) is 6.07. The fourth-order valence-corrected chi connectivity index (χ4v) is 1.44. The average molecular weight is 248 g/mol. The summed E-state index contributed by atoms with van der Waals surface area (Å²) in [5.41, 5.74) is 6.10. The number of phenolic OH excluding ortho intramolecular Hbond substituents is 1. The highest BCUT2D eigenvalue weighted by Gasteiger charge is 2.13. The molecule has 0 amide bonds. The maximum atomic E-state index is 12.9. The lowest BCUT2D eigenvalue weighted by atomic mass is 10.0. The third kappa shape index (κ3) is 2.00. The van der Waals surface area contributed by atoms with Gasteiger partial charge in [0.2, 0.25) is 0 Å². The zero-order valence-corrected chi connectivity index (χ0v) is 8.81. The first-order valence-corrected chi connectivity index (χ1v) is 4.74. The highest BCUT2D eigenvalue weighted by atomic mass is 79.9. The maximum Gasteiger partial charge on any atom is 0.141 e. The molecule has 72 valence electrons. The van der Waals surface area contributed by atoms with Crippen molar-refractivity contribution in [2.45, 2.75) is 12.8 Å². The fraction of sp³-hybridized carbons (Fsp3) is 0.333. The van der Waals surface area contributed by atoms with Crippen LogP contribution >= 0.6 is 15.9 Å². The van der Waals surface area contributed by atoms with Crippen molar-refractivity contribution in [3.63, 3.8) is 0 Å². The van der Waals surface area contributed by atoms with Gasteiger partial charge in [-0.2, -0.15) is 0 Å².